The van der Waals surface area contributed by atoms with Gasteiger partial charge in [0, 0.05) is 20.1 Å². The molecule has 1 unspecified atom stereocenters. The van der Waals surface area contributed by atoms with Gasteiger partial charge in [-0.15, -0.1) is 24.0 Å². The molecule has 160 valence electrons. The predicted octanol–water partition coefficient (Wildman–Crippen LogP) is 3.27. The average molecular weight is 534 g/mol. The highest BCUT2D eigenvalue weighted by molar-refractivity contribution is 14.0. The number of rotatable bonds is 7. The molecule has 0 saturated heterocycles. The molecule has 0 aliphatic carbocycles. The molecule has 0 radical (unpaired) electrons. The minimum atomic E-state index is -3.55. The number of hydrogen-bond acceptors (Lipinski definition) is 3. The van der Waals surface area contributed by atoms with E-state index in [2.05, 4.69) is 20.3 Å². The molecule has 0 aliphatic heterocycles. The Morgan fingerprint density at radius 2 is 1.76 bits per heavy atom. The normalized spacial score (nSPS) is 12.8. The molecule has 1 atom stereocenters. The molecule has 0 bridgehead atoms. The topological polar surface area (TPSA) is 82.6 Å². The van der Waals surface area contributed by atoms with Crippen molar-refractivity contribution in [3.05, 3.63) is 65.0 Å². The summed E-state index contributed by atoms with van der Waals surface area (Å²) in [5.41, 5.74) is 2.39. The van der Waals surface area contributed by atoms with Gasteiger partial charge in [-0.25, -0.2) is 17.5 Å². The largest absolute Gasteiger partial charge is 0.355 e. The molecule has 2 aromatic carbocycles. The number of aryl methyl sites for hydroxylation is 2. The maximum Gasteiger partial charge on any atom is 0.240 e. The molecule has 9 heteroatoms. The molecular weight excluding hydrogens is 506 g/mol. The number of benzene rings is 2. The number of nitrogens with zero attached hydrogens (tertiary/aromatic N) is 1. The highest BCUT2D eigenvalue weighted by Gasteiger charge is 2.13. The summed E-state index contributed by atoms with van der Waals surface area (Å²) in [5.74, 6) is 0.252. The van der Waals surface area contributed by atoms with E-state index >= 15 is 0 Å². The smallest absolute Gasteiger partial charge is 0.240 e. The lowest BCUT2D eigenvalue weighted by Gasteiger charge is -2.19. The van der Waals surface area contributed by atoms with Crippen LogP contribution in [0.3, 0.4) is 0 Å². The average Bonchev–Trinajstić information content (AvgIpc) is 2.66. The van der Waals surface area contributed by atoms with Crippen LogP contribution in [0.4, 0.5) is 4.39 Å². The number of nitrogens with one attached hydrogen (secondary N) is 3. The van der Waals surface area contributed by atoms with Gasteiger partial charge in [0.2, 0.25) is 10.0 Å². The lowest BCUT2D eigenvalue weighted by molar-refractivity contribution is 0.580. The molecule has 0 aliphatic rings. The van der Waals surface area contributed by atoms with Gasteiger partial charge < -0.3 is 10.6 Å². The minimum Gasteiger partial charge on any atom is -0.355 e. The van der Waals surface area contributed by atoms with Crippen LogP contribution in [0.5, 0.6) is 0 Å². The van der Waals surface area contributed by atoms with Crippen LogP contribution in [-0.2, 0) is 10.0 Å². The van der Waals surface area contributed by atoms with Gasteiger partial charge in [0.05, 0.1) is 10.9 Å². The van der Waals surface area contributed by atoms with Crippen LogP contribution in [-0.4, -0.2) is 34.5 Å². The summed E-state index contributed by atoms with van der Waals surface area (Å²) >= 11 is 0. The predicted molar refractivity (Wildman–Crippen MR) is 126 cm³/mol. The van der Waals surface area contributed by atoms with E-state index in [0.717, 1.165) is 11.1 Å². The molecule has 0 fully saturated rings. The van der Waals surface area contributed by atoms with E-state index in [1.807, 2.05) is 19.9 Å². The standard InChI is InChI=1S/C20H27FN4O2S.HI/c1-14-5-9-18(10-6-14)28(26,27)24-12-11-23-20(22-4)25-16(3)17-8-7-15(2)19(21)13-17;/h5-10,13,16,24H,11-12H2,1-4H3,(H2,22,23,25);1H. The zero-order valence-electron chi connectivity index (χ0n) is 17.0. The van der Waals surface area contributed by atoms with Crippen molar-refractivity contribution in [3.63, 3.8) is 0 Å². The third-order valence-electron chi connectivity index (χ3n) is 4.31. The van der Waals surface area contributed by atoms with Gasteiger partial charge >= 0.3 is 0 Å². The van der Waals surface area contributed by atoms with E-state index in [0.29, 0.717) is 18.1 Å². The van der Waals surface area contributed by atoms with Crippen molar-refractivity contribution in [1.29, 1.82) is 0 Å². The fraction of sp³-hybridized carbons (Fsp3) is 0.350. The second-order valence-electron chi connectivity index (χ2n) is 6.58. The van der Waals surface area contributed by atoms with Crippen LogP contribution in [0.25, 0.3) is 0 Å². The summed E-state index contributed by atoms with van der Waals surface area (Å²) in [6, 6.07) is 11.6. The summed E-state index contributed by atoms with van der Waals surface area (Å²) in [6.07, 6.45) is 0. The molecule has 0 heterocycles. The van der Waals surface area contributed by atoms with Gasteiger partial charge in [0.1, 0.15) is 5.82 Å². The van der Waals surface area contributed by atoms with Gasteiger partial charge in [-0.3, -0.25) is 4.99 Å². The first kappa shape index (κ1) is 25.3. The molecular formula is C20H28FIN4O2S. The highest BCUT2D eigenvalue weighted by atomic mass is 127. The van der Waals surface area contributed by atoms with Crippen molar-refractivity contribution >= 4 is 40.0 Å². The van der Waals surface area contributed by atoms with Crippen molar-refractivity contribution in [2.75, 3.05) is 20.1 Å². The summed E-state index contributed by atoms with van der Waals surface area (Å²) in [6.45, 7) is 6.06. The second kappa shape index (κ2) is 11.5. The van der Waals surface area contributed by atoms with Crippen LogP contribution < -0.4 is 15.4 Å². The number of hydrogen-bond donors (Lipinski definition) is 3. The molecule has 0 saturated carbocycles. The van der Waals surface area contributed by atoms with Crippen molar-refractivity contribution < 1.29 is 12.8 Å². The third kappa shape index (κ3) is 7.56. The molecule has 2 rings (SSSR count). The molecule has 2 aromatic rings. The zero-order valence-corrected chi connectivity index (χ0v) is 20.1. The highest BCUT2D eigenvalue weighted by Crippen LogP contribution is 2.16. The Balaban J connectivity index is 0.00000420. The van der Waals surface area contributed by atoms with Crippen LogP contribution in [0.2, 0.25) is 0 Å². The first-order valence-electron chi connectivity index (χ1n) is 9.02. The van der Waals surface area contributed by atoms with Gasteiger partial charge in [0.15, 0.2) is 5.96 Å². The Bertz CT molecular complexity index is 934. The van der Waals surface area contributed by atoms with Crippen molar-refractivity contribution in [3.8, 4) is 0 Å². The quantitative estimate of drug-likeness (QED) is 0.221. The summed E-state index contributed by atoms with van der Waals surface area (Å²) in [5, 5.41) is 6.21. The SMILES string of the molecule is CN=C(NCCNS(=O)(=O)c1ccc(C)cc1)NC(C)c1ccc(C)c(F)c1.I. The fourth-order valence-electron chi connectivity index (χ4n) is 2.53. The number of halogens is 2. The maximum absolute atomic E-state index is 13.7. The van der Waals surface area contributed by atoms with E-state index in [4.69, 9.17) is 0 Å². The van der Waals surface area contributed by atoms with Crippen molar-refractivity contribution in [1.82, 2.24) is 15.4 Å². The monoisotopic (exact) mass is 534 g/mol. The Kier molecular flexibility index (Phi) is 10.0. The fourth-order valence-corrected chi connectivity index (χ4v) is 3.56. The molecule has 29 heavy (non-hydrogen) atoms. The van der Waals surface area contributed by atoms with E-state index in [-0.39, 0.29) is 47.3 Å². The van der Waals surface area contributed by atoms with Crippen molar-refractivity contribution in [2.24, 2.45) is 4.99 Å². The summed E-state index contributed by atoms with van der Waals surface area (Å²) < 4.78 is 40.8. The lowest BCUT2D eigenvalue weighted by atomic mass is 10.1. The Hall–Kier alpha value is -1.72. The Labute approximate surface area is 189 Å². The first-order valence-corrected chi connectivity index (χ1v) is 10.5. The van der Waals surface area contributed by atoms with Gasteiger partial charge in [-0.05, 0) is 50.1 Å². The van der Waals surface area contributed by atoms with Crippen molar-refractivity contribution in [2.45, 2.75) is 31.7 Å². The van der Waals surface area contributed by atoms with E-state index in [9.17, 15) is 12.8 Å². The minimum absolute atomic E-state index is 0. The molecule has 0 amide bonds. The summed E-state index contributed by atoms with van der Waals surface area (Å²) in [4.78, 5) is 4.35. The first-order chi connectivity index (χ1) is 13.2. The molecule has 3 N–H and O–H groups in total. The Morgan fingerprint density at radius 1 is 1.10 bits per heavy atom. The summed E-state index contributed by atoms with van der Waals surface area (Å²) in [7, 11) is -1.93. The van der Waals surface area contributed by atoms with Crippen LogP contribution in [0.1, 0.15) is 29.7 Å². The number of aliphatic imine (C=N–C) groups is 1. The van der Waals surface area contributed by atoms with E-state index < -0.39 is 10.0 Å². The van der Waals surface area contributed by atoms with Crippen LogP contribution in [0, 0.1) is 19.7 Å². The zero-order chi connectivity index (χ0) is 20.7. The van der Waals surface area contributed by atoms with Gasteiger partial charge in [-0.1, -0.05) is 29.8 Å². The molecule has 0 aromatic heterocycles. The molecule has 0 spiro atoms. The third-order valence-corrected chi connectivity index (χ3v) is 5.79. The number of guanidine groups is 1. The molecule has 6 nitrogen and oxygen atoms in total. The second-order valence-corrected chi connectivity index (χ2v) is 8.35. The van der Waals surface area contributed by atoms with E-state index in [1.54, 1.807) is 44.3 Å². The van der Waals surface area contributed by atoms with Crippen LogP contribution >= 0.6 is 24.0 Å². The Morgan fingerprint density at radius 3 is 2.34 bits per heavy atom. The number of sulfonamides is 1. The van der Waals surface area contributed by atoms with E-state index in [1.165, 1.54) is 6.07 Å². The van der Waals surface area contributed by atoms with Gasteiger partial charge in [0.25, 0.3) is 0 Å². The van der Waals surface area contributed by atoms with Gasteiger partial charge in [-0.2, -0.15) is 0 Å². The maximum atomic E-state index is 13.7. The van der Waals surface area contributed by atoms with Crippen LogP contribution in [0.15, 0.2) is 52.4 Å². The lowest BCUT2D eigenvalue weighted by Crippen LogP contribution is -2.42.